The predicted molar refractivity (Wildman–Crippen MR) is 71.8 cm³/mol. The highest BCUT2D eigenvalue weighted by molar-refractivity contribution is 7.20. The van der Waals surface area contributed by atoms with Gasteiger partial charge in [-0.2, -0.15) is 0 Å². The summed E-state index contributed by atoms with van der Waals surface area (Å²) >= 11 is 1.18. The minimum Gasteiger partial charge on any atom is -0.297 e. The Labute approximate surface area is 107 Å². The van der Waals surface area contributed by atoms with Gasteiger partial charge in [0.1, 0.15) is 4.83 Å². The molecule has 0 bridgehead atoms. The molecule has 6 heteroatoms. The summed E-state index contributed by atoms with van der Waals surface area (Å²) in [6.07, 6.45) is 0.726. The van der Waals surface area contributed by atoms with Crippen molar-refractivity contribution in [2.45, 2.75) is 26.8 Å². The molecule has 0 N–H and O–H groups in total. The van der Waals surface area contributed by atoms with E-state index in [0.29, 0.717) is 20.7 Å². The van der Waals surface area contributed by atoms with Gasteiger partial charge in [-0.05, 0) is 26.3 Å². The first-order valence-corrected chi connectivity index (χ1v) is 6.41. The molecule has 2 aromatic rings. The van der Waals surface area contributed by atoms with Crippen LogP contribution in [0.5, 0.6) is 0 Å². The third kappa shape index (κ3) is 1.56. The van der Waals surface area contributed by atoms with E-state index < -0.39 is 0 Å². The molecule has 0 spiro atoms. The molecule has 0 aliphatic carbocycles. The molecule has 96 valence electrons. The van der Waals surface area contributed by atoms with Crippen LogP contribution < -0.4 is 11.2 Å². The zero-order valence-corrected chi connectivity index (χ0v) is 11.5. The summed E-state index contributed by atoms with van der Waals surface area (Å²) in [6.45, 7) is 5.31. The van der Waals surface area contributed by atoms with Crippen molar-refractivity contribution in [1.29, 1.82) is 0 Å². The Hall–Kier alpha value is -1.69. The first-order chi connectivity index (χ1) is 8.40. The van der Waals surface area contributed by atoms with Crippen LogP contribution in [0.3, 0.4) is 0 Å². The topological polar surface area (TPSA) is 61.1 Å². The Kier molecular flexibility index (Phi) is 2.98. The summed E-state index contributed by atoms with van der Waals surface area (Å²) in [5.74, 6) is 0. The molecule has 0 radical (unpaired) electrons. The van der Waals surface area contributed by atoms with E-state index in [2.05, 4.69) is 0 Å². The van der Waals surface area contributed by atoms with Gasteiger partial charge in [-0.25, -0.2) is 4.79 Å². The van der Waals surface area contributed by atoms with E-state index in [1.807, 2.05) is 0 Å². The number of fused-ring (bicyclic) bond motifs is 1. The van der Waals surface area contributed by atoms with Gasteiger partial charge in [0.05, 0.1) is 10.3 Å². The molecular formula is C12H14N2O3S. The lowest BCUT2D eigenvalue weighted by molar-refractivity contribution is 0.112. The van der Waals surface area contributed by atoms with Crippen molar-refractivity contribution < 1.29 is 4.79 Å². The monoisotopic (exact) mass is 266 g/mol. The Morgan fingerprint density at radius 2 is 1.89 bits per heavy atom. The SMILES string of the molecule is Cc1c(C=O)sc2c1c(=O)n(C(C)C)c(=O)n2C. The minimum atomic E-state index is -0.346. The van der Waals surface area contributed by atoms with Crippen LogP contribution in [0, 0.1) is 6.92 Å². The molecule has 0 saturated carbocycles. The largest absolute Gasteiger partial charge is 0.332 e. The Morgan fingerprint density at radius 1 is 1.28 bits per heavy atom. The highest BCUT2D eigenvalue weighted by Gasteiger charge is 2.19. The second kappa shape index (κ2) is 4.20. The summed E-state index contributed by atoms with van der Waals surface area (Å²) in [5.41, 5.74) is -0.00820. The number of rotatable bonds is 2. The van der Waals surface area contributed by atoms with Crippen LogP contribution in [0.2, 0.25) is 0 Å². The van der Waals surface area contributed by atoms with E-state index in [1.54, 1.807) is 27.8 Å². The van der Waals surface area contributed by atoms with Gasteiger partial charge in [0, 0.05) is 13.1 Å². The lowest BCUT2D eigenvalue weighted by Gasteiger charge is -2.11. The van der Waals surface area contributed by atoms with E-state index in [0.717, 1.165) is 6.29 Å². The van der Waals surface area contributed by atoms with Crippen molar-refractivity contribution in [1.82, 2.24) is 9.13 Å². The van der Waals surface area contributed by atoms with Crippen LogP contribution in [0.4, 0.5) is 0 Å². The maximum absolute atomic E-state index is 12.3. The molecule has 0 aliphatic heterocycles. The first kappa shape index (κ1) is 12.8. The molecule has 0 unspecified atom stereocenters. The zero-order valence-electron chi connectivity index (χ0n) is 10.7. The van der Waals surface area contributed by atoms with Crippen LogP contribution in [-0.2, 0) is 7.05 Å². The van der Waals surface area contributed by atoms with E-state index in [1.165, 1.54) is 20.5 Å². The summed E-state index contributed by atoms with van der Waals surface area (Å²) in [7, 11) is 1.62. The van der Waals surface area contributed by atoms with Crippen molar-refractivity contribution in [2.24, 2.45) is 7.05 Å². The maximum Gasteiger partial charge on any atom is 0.332 e. The maximum atomic E-state index is 12.3. The standard InChI is InChI=1S/C12H14N2O3S/c1-6(2)14-10(16)9-7(3)8(5-15)18-11(9)13(4)12(14)17/h5-6H,1-4H3. The molecule has 0 aromatic carbocycles. The highest BCUT2D eigenvalue weighted by Crippen LogP contribution is 2.25. The molecular weight excluding hydrogens is 252 g/mol. The number of nitrogens with zero attached hydrogens (tertiary/aromatic N) is 2. The molecule has 0 amide bonds. The van der Waals surface area contributed by atoms with Gasteiger partial charge < -0.3 is 0 Å². The van der Waals surface area contributed by atoms with Crippen LogP contribution in [-0.4, -0.2) is 15.4 Å². The van der Waals surface area contributed by atoms with E-state index in [9.17, 15) is 14.4 Å². The van der Waals surface area contributed by atoms with E-state index in [-0.39, 0.29) is 17.3 Å². The Morgan fingerprint density at radius 3 is 2.39 bits per heavy atom. The molecule has 0 saturated heterocycles. The van der Waals surface area contributed by atoms with E-state index in [4.69, 9.17) is 0 Å². The molecule has 0 aliphatic rings. The second-order valence-electron chi connectivity index (χ2n) is 4.50. The fourth-order valence-electron chi connectivity index (χ4n) is 2.03. The van der Waals surface area contributed by atoms with Crippen molar-refractivity contribution in [3.05, 3.63) is 31.3 Å². The van der Waals surface area contributed by atoms with Crippen molar-refractivity contribution >= 4 is 27.8 Å². The lowest BCUT2D eigenvalue weighted by Crippen LogP contribution is -2.39. The number of thiophene rings is 1. The molecule has 0 fully saturated rings. The van der Waals surface area contributed by atoms with Gasteiger partial charge in [-0.3, -0.25) is 18.7 Å². The lowest BCUT2D eigenvalue weighted by atomic mass is 10.2. The van der Waals surface area contributed by atoms with Crippen LogP contribution >= 0.6 is 11.3 Å². The molecule has 2 heterocycles. The fourth-order valence-corrected chi connectivity index (χ4v) is 3.10. The number of aromatic nitrogens is 2. The third-order valence-electron chi connectivity index (χ3n) is 3.02. The number of carbonyl (C=O) groups is 1. The highest BCUT2D eigenvalue weighted by atomic mass is 32.1. The Balaban J connectivity index is 3.12. The van der Waals surface area contributed by atoms with Gasteiger partial charge in [0.15, 0.2) is 6.29 Å². The van der Waals surface area contributed by atoms with Gasteiger partial charge >= 0.3 is 5.69 Å². The summed E-state index contributed by atoms with van der Waals surface area (Å²) in [4.78, 5) is 36.4. The molecule has 2 rings (SSSR count). The Bertz CT molecular complexity index is 749. The fraction of sp³-hybridized carbons (Fsp3) is 0.417. The van der Waals surface area contributed by atoms with Crippen molar-refractivity contribution in [3.8, 4) is 0 Å². The number of carbonyl (C=O) groups excluding carboxylic acids is 1. The minimum absolute atomic E-state index is 0.209. The average molecular weight is 266 g/mol. The zero-order chi connectivity index (χ0) is 13.6. The molecule has 18 heavy (non-hydrogen) atoms. The molecule has 0 atom stereocenters. The average Bonchev–Trinajstić information content (AvgIpc) is 2.63. The summed E-state index contributed by atoms with van der Waals surface area (Å²) in [5, 5.41) is 0.470. The number of hydrogen-bond acceptors (Lipinski definition) is 4. The number of hydrogen-bond donors (Lipinski definition) is 0. The summed E-state index contributed by atoms with van der Waals surface area (Å²) in [6, 6.07) is -0.209. The quantitative estimate of drug-likeness (QED) is 0.773. The smallest absolute Gasteiger partial charge is 0.297 e. The normalized spacial score (nSPS) is 11.4. The van der Waals surface area contributed by atoms with Gasteiger partial charge in [-0.1, -0.05) is 0 Å². The van der Waals surface area contributed by atoms with Gasteiger partial charge in [-0.15, -0.1) is 11.3 Å². The van der Waals surface area contributed by atoms with Gasteiger partial charge in [0.2, 0.25) is 0 Å². The van der Waals surface area contributed by atoms with Crippen LogP contribution in [0.1, 0.15) is 35.1 Å². The van der Waals surface area contributed by atoms with Crippen LogP contribution in [0.15, 0.2) is 9.59 Å². The van der Waals surface area contributed by atoms with Gasteiger partial charge in [0.25, 0.3) is 5.56 Å². The van der Waals surface area contributed by atoms with Crippen molar-refractivity contribution in [2.75, 3.05) is 0 Å². The first-order valence-electron chi connectivity index (χ1n) is 5.60. The second-order valence-corrected chi connectivity index (χ2v) is 5.53. The molecule has 2 aromatic heterocycles. The van der Waals surface area contributed by atoms with Crippen LogP contribution in [0.25, 0.3) is 10.2 Å². The third-order valence-corrected chi connectivity index (χ3v) is 4.31. The van der Waals surface area contributed by atoms with Crippen molar-refractivity contribution in [3.63, 3.8) is 0 Å². The predicted octanol–water partition coefficient (Wildman–Crippen LogP) is 1.46. The van der Waals surface area contributed by atoms with E-state index >= 15 is 0 Å². The number of aldehydes is 1. The molecule has 5 nitrogen and oxygen atoms in total. The summed E-state index contributed by atoms with van der Waals surface area (Å²) < 4.78 is 2.65. The number of aryl methyl sites for hydroxylation is 2.